The molecule has 0 bridgehead atoms. The summed E-state index contributed by atoms with van der Waals surface area (Å²) in [6.07, 6.45) is 0. The zero-order valence-corrected chi connectivity index (χ0v) is 11.2. The Hall–Kier alpha value is -0.720. The number of thioether (sulfide) groups is 1. The Labute approximate surface area is 103 Å². The Morgan fingerprint density at radius 3 is 2.47 bits per heavy atom. The maximum absolute atomic E-state index is 8.98. The van der Waals surface area contributed by atoms with E-state index in [0.717, 1.165) is 20.7 Å². The lowest BCUT2D eigenvalue weighted by molar-refractivity contribution is 1.46. The van der Waals surface area contributed by atoms with Crippen molar-refractivity contribution in [2.75, 3.05) is 5.75 Å². The van der Waals surface area contributed by atoms with Crippen molar-refractivity contribution in [1.82, 2.24) is 0 Å². The molecule has 0 radical (unpaired) electrons. The van der Waals surface area contributed by atoms with Gasteiger partial charge in [-0.2, -0.15) is 5.26 Å². The van der Waals surface area contributed by atoms with Gasteiger partial charge in [0.05, 0.1) is 4.91 Å². The van der Waals surface area contributed by atoms with E-state index in [-0.39, 0.29) is 0 Å². The monoisotopic (exact) mass is 281 g/mol. The van der Waals surface area contributed by atoms with Gasteiger partial charge in [0.15, 0.2) is 0 Å². The molecule has 0 aliphatic carbocycles. The number of rotatable bonds is 3. The highest BCUT2D eigenvalue weighted by Crippen LogP contribution is 2.31. The number of hydrogen-bond donors (Lipinski definition) is 0. The van der Waals surface area contributed by atoms with Gasteiger partial charge in [0.1, 0.15) is 6.07 Å². The molecule has 0 saturated heterocycles. The second-order valence-electron chi connectivity index (χ2n) is 3.05. The average molecular weight is 282 g/mol. The van der Waals surface area contributed by atoms with Crippen LogP contribution >= 0.6 is 27.7 Å². The lowest BCUT2D eigenvalue weighted by Crippen LogP contribution is -1.82. The largest absolute Gasteiger partial charge is 0.192 e. The predicted octanol–water partition coefficient (Wildman–Crippen LogP) is 4.34. The van der Waals surface area contributed by atoms with Crippen LogP contribution in [0.25, 0.3) is 4.48 Å². The van der Waals surface area contributed by atoms with Crippen LogP contribution in [0.3, 0.4) is 0 Å². The molecule has 3 heteroatoms. The first kappa shape index (κ1) is 12.4. The number of halogens is 1. The molecule has 0 aliphatic heterocycles. The fraction of sp³-hybridized carbons (Fsp3) is 0.250. The molecular weight excluding hydrogens is 270 g/mol. The average Bonchev–Trinajstić information content (AvgIpc) is 2.26. The van der Waals surface area contributed by atoms with Gasteiger partial charge in [0, 0.05) is 4.48 Å². The van der Waals surface area contributed by atoms with Gasteiger partial charge in [-0.3, -0.25) is 0 Å². The number of nitrogens with zero attached hydrogens (tertiary/aromatic N) is 1. The van der Waals surface area contributed by atoms with E-state index in [4.69, 9.17) is 5.26 Å². The van der Waals surface area contributed by atoms with Crippen molar-refractivity contribution in [1.29, 1.82) is 5.26 Å². The first-order chi connectivity index (χ1) is 7.19. The molecule has 1 nitrogen and oxygen atoms in total. The normalized spacial score (nSPS) is 11.9. The van der Waals surface area contributed by atoms with Crippen LogP contribution in [0.1, 0.15) is 18.1 Å². The maximum Gasteiger partial charge on any atom is 0.107 e. The zero-order valence-electron chi connectivity index (χ0n) is 8.75. The summed E-state index contributed by atoms with van der Waals surface area (Å²) in [5.74, 6) is 0.907. The lowest BCUT2D eigenvalue weighted by Gasteiger charge is -2.03. The summed E-state index contributed by atoms with van der Waals surface area (Å²) in [5.41, 5.74) is 2.28. The van der Waals surface area contributed by atoms with Crippen molar-refractivity contribution >= 4 is 32.2 Å². The summed E-state index contributed by atoms with van der Waals surface area (Å²) in [6, 6.07) is 10.3. The van der Waals surface area contributed by atoms with E-state index in [0.29, 0.717) is 0 Å². The molecule has 1 aromatic carbocycles. The highest BCUT2D eigenvalue weighted by Gasteiger charge is 2.05. The molecule has 0 fully saturated rings. The third-order valence-corrected chi connectivity index (χ3v) is 3.88. The highest BCUT2D eigenvalue weighted by molar-refractivity contribution is 9.15. The number of benzene rings is 1. The minimum absolute atomic E-state index is 0.737. The lowest BCUT2D eigenvalue weighted by atomic mass is 10.1. The Morgan fingerprint density at radius 1 is 1.40 bits per heavy atom. The molecule has 0 amide bonds. The van der Waals surface area contributed by atoms with Gasteiger partial charge in [0.25, 0.3) is 0 Å². The van der Waals surface area contributed by atoms with E-state index in [9.17, 15) is 0 Å². The van der Waals surface area contributed by atoms with Gasteiger partial charge in [-0.25, -0.2) is 0 Å². The second-order valence-corrected chi connectivity index (χ2v) is 5.12. The van der Waals surface area contributed by atoms with Crippen LogP contribution in [-0.2, 0) is 0 Å². The topological polar surface area (TPSA) is 23.8 Å². The van der Waals surface area contributed by atoms with E-state index in [1.54, 1.807) is 11.8 Å². The van der Waals surface area contributed by atoms with Gasteiger partial charge in [-0.1, -0.05) is 36.8 Å². The number of aryl methyl sites for hydroxylation is 1. The molecule has 78 valence electrons. The first-order valence-electron chi connectivity index (χ1n) is 4.68. The third-order valence-electron chi connectivity index (χ3n) is 1.89. The van der Waals surface area contributed by atoms with Crippen molar-refractivity contribution in [3.05, 3.63) is 40.3 Å². The fourth-order valence-electron chi connectivity index (χ4n) is 1.12. The van der Waals surface area contributed by atoms with Gasteiger partial charge >= 0.3 is 0 Å². The van der Waals surface area contributed by atoms with Crippen molar-refractivity contribution in [3.8, 4) is 6.07 Å². The van der Waals surface area contributed by atoms with Gasteiger partial charge < -0.3 is 0 Å². The highest BCUT2D eigenvalue weighted by atomic mass is 79.9. The van der Waals surface area contributed by atoms with Crippen molar-refractivity contribution < 1.29 is 0 Å². The molecular formula is C12H12BrNS. The Kier molecular flexibility index (Phi) is 4.93. The summed E-state index contributed by atoms with van der Waals surface area (Å²) in [5, 5.41) is 8.98. The van der Waals surface area contributed by atoms with Gasteiger partial charge in [-0.15, -0.1) is 11.8 Å². The summed E-state index contributed by atoms with van der Waals surface area (Å²) in [7, 11) is 0. The quantitative estimate of drug-likeness (QED) is 0.770. The van der Waals surface area contributed by atoms with Gasteiger partial charge in [0.2, 0.25) is 0 Å². The van der Waals surface area contributed by atoms with Gasteiger partial charge in [-0.05, 0) is 34.2 Å². The molecule has 0 saturated carbocycles. The molecule has 0 spiro atoms. The van der Waals surface area contributed by atoms with Crippen molar-refractivity contribution in [3.63, 3.8) is 0 Å². The zero-order chi connectivity index (χ0) is 11.3. The molecule has 0 aromatic heterocycles. The first-order valence-corrected chi connectivity index (χ1v) is 6.46. The third kappa shape index (κ3) is 3.40. The SMILES string of the molecule is CCSC(C#N)=C(Br)c1ccc(C)cc1. The molecule has 0 heterocycles. The fourth-order valence-corrected chi connectivity index (χ4v) is 2.41. The molecule has 1 aromatic rings. The minimum Gasteiger partial charge on any atom is -0.192 e. The molecule has 0 atom stereocenters. The van der Waals surface area contributed by atoms with E-state index < -0.39 is 0 Å². The van der Waals surface area contributed by atoms with Crippen LogP contribution in [0, 0.1) is 18.3 Å². The van der Waals surface area contributed by atoms with Crippen LogP contribution in [-0.4, -0.2) is 5.75 Å². The van der Waals surface area contributed by atoms with Crippen LogP contribution in [0.15, 0.2) is 29.2 Å². The Balaban J connectivity index is 3.06. The predicted molar refractivity (Wildman–Crippen MR) is 70.8 cm³/mol. The molecule has 0 unspecified atom stereocenters. The maximum atomic E-state index is 8.98. The molecule has 0 aliphatic rings. The van der Waals surface area contributed by atoms with Crippen LogP contribution in [0.4, 0.5) is 0 Å². The summed E-state index contributed by atoms with van der Waals surface area (Å²) in [4.78, 5) is 0.737. The molecule has 0 N–H and O–H groups in total. The smallest absolute Gasteiger partial charge is 0.107 e. The Bertz CT molecular complexity index is 401. The number of nitriles is 1. The van der Waals surface area contributed by atoms with Crippen LogP contribution in [0.5, 0.6) is 0 Å². The van der Waals surface area contributed by atoms with Crippen LogP contribution in [0.2, 0.25) is 0 Å². The minimum atomic E-state index is 0.737. The second kappa shape index (κ2) is 5.99. The number of hydrogen-bond acceptors (Lipinski definition) is 2. The summed E-state index contributed by atoms with van der Waals surface area (Å²) >= 11 is 5.03. The Morgan fingerprint density at radius 2 is 2.00 bits per heavy atom. The van der Waals surface area contributed by atoms with Crippen molar-refractivity contribution in [2.45, 2.75) is 13.8 Å². The van der Waals surface area contributed by atoms with E-state index >= 15 is 0 Å². The standard InChI is InChI=1S/C12H12BrNS/c1-3-15-11(8-14)12(13)10-6-4-9(2)5-7-10/h4-7H,3H2,1-2H3. The molecule has 15 heavy (non-hydrogen) atoms. The van der Waals surface area contributed by atoms with Crippen molar-refractivity contribution in [2.24, 2.45) is 0 Å². The summed E-state index contributed by atoms with van der Waals surface area (Å²) < 4.78 is 0.886. The van der Waals surface area contributed by atoms with E-state index in [1.165, 1.54) is 5.56 Å². The van der Waals surface area contributed by atoms with E-state index in [2.05, 4.69) is 22.0 Å². The molecule has 1 rings (SSSR count). The van der Waals surface area contributed by atoms with E-state index in [1.807, 2.05) is 38.1 Å². The number of allylic oxidation sites excluding steroid dienone is 1. The van der Waals surface area contributed by atoms with Crippen LogP contribution < -0.4 is 0 Å². The summed E-state index contributed by atoms with van der Waals surface area (Å²) in [6.45, 7) is 4.09.